The van der Waals surface area contributed by atoms with Crippen LogP contribution in [0.25, 0.3) is 22.5 Å². The van der Waals surface area contributed by atoms with E-state index in [1.165, 1.54) is 12.1 Å². The van der Waals surface area contributed by atoms with Crippen molar-refractivity contribution in [1.82, 2.24) is 45.5 Å². The molecule has 5 heterocycles. The Morgan fingerprint density at radius 3 is 1.89 bits per heavy atom. The minimum atomic E-state index is -0.901. The average Bonchev–Trinajstić information content (AvgIpc) is 4.04. The van der Waals surface area contributed by atoms with Crippen LogP contribution < -0.4 is 10.7 Å². The Balaban J connectivity index is 0.968. The van der Waals surface area contributed by atoms with Crippen molar-refractivity contribution in [3.05, 3.63) is 83.7 Å². The van der Waals surface area contributed by atoms with E-state index >= 15 is 0 Å². The van der Waals surface area contributed by atoms with Crippen LogP contribution in [0.15, 0.2) is 60.9 Å². The summed E-state index contributed by atoms with van der Waals surface area (Å²) in [6, 6.07) is 14.3. The molecule has 4 amide bonds. The Labute approximate surface area is 325 Å². The predicted molar refractivity (Wildman–Crippen MR) is 206 cm³/mol. The zero-order valence-electron chi connectivity index (χ0n) is 32.2. The summed E-state index contributed by atoms with van der Waals surface area (Å²) in [4.78, 5) is 70.6. The number of aromatic nitrogens is 4. The zero-order chi connectivity index (χ0) is 39.5. The molecule has 2 aromatic heterocycles. The molecular formula is C41H47N9O6. The topological polar surface area (TPSA) is 178 Å². The summed E-state index contributed by atoms with van der Waals surface area (Å²) in [6.07, 6.45) is 4.66. The Hall–Kier alpha value is -6.14. The molecule has 0 spiro atoms. The number of benzene rings is 2. The van der Waals surface area contributed by atoms with Crippen molar-refractivity contribution in [2.75, 3.05) is 27.2 Å². The van der Waals surface area contributed by atoms with Crippen LogP contribution in [0.2, 0.25) is 0 Å². The molecule has 4 aromatic rings. The smallest absolute Gasteiger partial charge is 0.424 e. The lowest BCUT2D eigenvalue weighted by Crippen LogP contribution is -2.61. The molecule has 56 heavy (non-hydrogen) atoms. The first-order valence-electron chi connectivity index (χ1n) is 19.0. The number of H-pyrrole nitrogens is 2. The number of carbonyl (C=O) groups is 4. The van der Waals surface area contributed by atoms with Gasteiger partial charge in [-0.2, -0.15) is 0 Å². The maximum absolute atomic E-state index is 13.5. The summed E-state index contributed by atoms with van der Waals surface area (Å²) in [5.41, 5.74) is 8.25. The molecule has 3 aliphatic rings. The number of cyclic esters (lactones) is 1. The summed E-state index contributed by atoms with van der Waals surface area (Å²) in [5.74, 6) is 7.41. The Kier molecular flexibility index (Phi) is 11.1. The van der Waals surface area contributed by atoms with Crippen molar-refractivity contribution in [1.29, 1.82) is 0 Å². The number of alkyl carbamates (subject to hydrolysis) is 1. The number of ether oxygens (including phenoxy) is 2. The third-order valence-corrected chi connectivity index (χ3v) is 10.6. The van der Waals surface area contributed by atoms with Gasteiger partial charge in [-0.3, -0.25) is 9.59 Å². The molecule has 15 heteroatoms. The monoisotopic (exact) mass is 761 g/mol. The van der Waals surface area contributed by atoms with Crippen LogP contribution in [-0.4, -0.2) is 104 Å². The van der Waals surface area contributed by atoms with E-state index in [2.05, 4.69) is 42.5 Å². The third-order valence-electron chi connectivity index (χ3n) is 10.6. The standard InChI is InChI=1S/C41H47N9O6/c1-24(2)34(46-40(53)55-5)38(51)49-20-6-8-32(49)36-42-22-30(44-36)28-16-12-26(13-17-28)10-11-27-14-18-29(19-15-27)31-23-43-37(45-31)33-9-7-21-50(33)39(52)35-25(3)47-48(4)41(54)56-35/h12-19,22-25,32-35,47H,6-9,20-21H2,1-5H3,(H,42,44)(H,43,45)(H,46,53)/t25?,32-,33-,34-,35-/m0/s1. The van der Waals surface area contributed by atoms with Gasteiger partial charge in [0.05, 0.1) is 49.0 Å². The van der Waals surface area contributed by atoms with Gasteiger partial charge in [-0.1, -0.05) is 50.0 Å². The number of aromatic amines is 2. The van der Waals surface area contributed by atoms with E-state index in [1.807, 2.05) is 69.3 Å². The van der Waals surface area contributed by atoms with Crippen molar-refractivity contribution in [3.8, 4) is 34.4 Å². The molecule has 2 aromatic carbocycles. The SMILES string of the molecule is COC(=O)N[C@H](C(=O)N1CCC[C@H]1c1ncc(-c2ccc(C#Cc3ccc(-c4cnc([C@@H]5CCCN5C(=O)[C@H]5OC(=O)N(C)NC5C)[nH]4)cc3)cc2)[nH]1)C(C)C. The minimum absolute atomic E-state index is 0.107. The van der Waals surface area contributed by atoms with Crippen molar-refractivity contribution in [3.63, 3.8) is 0 Å². The van der Waals surface area contributed by atoms with E-state index in [-0.39, 0.29) is 35.9 Å². The van der Waals surface area contributed by atoms with E-state index in [9.17, 15) is 19.2 Å². The van der Waals surface area contributed by atoms with Crippen molar-refractivity contribution in [2.24, 2.45) is 5.92 Å². The molecule has 0 bridgehead atoms. The van der Waals surface area contributed by atoms with Crippen molar-refractivity contribution in [2.45, 2.75) is 76.7 Å². The van der Waals surface area contributed by atoms with Gasteiger partial charge in [0, 0.05) is 31.3 Å². The predicted octanol–water partition coefficient (Wildman–Crippen LogP) is 4.92. The van der Waals surface area contributed by atoms with Gasteiger partial charge in [-0.15, -0.1) is 0 Å². The molecule has 0 radical (unpaired) electrons. The number of carbonyl (C=O) groups excluding carboxylic acids is 4. The Morgan fingerprint density at radius 2 is 1.38 bits per heavy atom. The lowest BCUT2D eigenvalue weighted by Gasteiger charge is -2.37. The number of hydrogen-bond acceptors (Lipinski definition) is 9. The van der Waals surface area contributed by atoms with Gasteiger partial charge in [-0.05, 0) is 73.9 Å². The number of imidazole rings is 2. The highest BCUT2D eigenvalue weighted by molar-refractivity contribution is 5.87. The van der Waals surface area contributed by atoms with E-state index in [0.717, 1.165) is 59.3 Å². The van der Waals surface area contributed by atoms with Gasteiger partial charge in [-0.25, -0.2) is 30.0 Å². The van der Waals surface area contributed by atoms with E-state index in [0.29, 0.717) is 24.7 Å². The van der Waals surface area contributed by atoms with Crippen LogP contribution in [0.3, 0.4) is 0 Å². The number of nitrogens with zero attached hydrogens (tertiary/aromatic N) is 5. The first-order chi connectivity index (χ1) is 27.0. The lowest BCUT2D eigenvalue weighted by molar-refractivity contribution is -0.147. The number of hydrazine groups is 1. The highest BCUT2D eigenvalue weighted by Crippen LogP contribution is 2.34. The largest absolute Gasteiger partial charge is 0.453 e. The van der Waals surface area contributed by atoms with Crippen LogP contribution >= 0.6 is 0 Å². The number of rotatable bonds is 8. The molecule has 5 atom stereocenters. The molecule has 7 rings (SSSR count). The molecule has 292 valence electrons. The molecule has 3 fully saturated rings. The highest BCUT2D eigenvalue weighted by Gasteiger charge is 2.43. The molecular weight excluding hydrogens is 715 g/mol. The van der Waals surface area contributed by atoms with Gasteiger partial charge < -0.3 is 34.6 Å². The second-order valence-corrected chi connectivity index (χ2v) is 14.8. The summed E-state index contributed by atoms with van der Waals surface area (Å²) < 4.78 is 10.2. The fraction of sp³-hybridized carbons (Fsp3) is 0.415. The van der Waals surface area contributed by atoms with Gasteiger partial charge >= 0.3 is 12.2 Å². The lowest BCUT2D eigenvalue weighted by atomic mass is 10.0. The summed E-state index contributed by atoms with van der Waals surface area (Å²) >= 11 is 0. The van der Waals surface area contributed by atoms with E-state index in [4.69, 9.17) is 9.47 Å². The molecule has 4 N–H and O–H groups in total. The minimum Gasteiger partial charge on any atom is -0.453 e. The Bertz CT molecular complexity index is 2010. The first kappa shape index (κ1) is 38.1. The highest BCUT2D eigenvalue weighted by atomic mass is 16.6. The number of likely N-dealkylation sites (tertiary alicyclic amines) is 2. The fourth-order valence-corrected chi connectivity index (χ4v) is 7.57. The second-order valence-electron chi connectivity index (χ2n) is 14.8. The quantitative estimate of drug-likeness (QED) is 0.182. The van der Waals surface area contributed by atoms with Gasteiger partial charge in [0.25, 0.3) is 5.91 Å². The van der Waals surface area contributed by atoms with Gasteiger partial charge in [0.15, 0.2) is 6.10 Å². The molecule has 15 nitrogen and oxygen atoms in total. The summed E-state index contributed by atoms with van der Waals surface area (Å²) in [7, 11) is 2.85. The molecule has 0 aliphatic carbocycles. The second kappa shape index (κ2) is 16.3. The summed E-state index contributed by atoms with van der Waals surface area (Å²) in [6.45, 7) is 6.77. The van der Waals surface area contributed by atoms with Crippen LogP contribution in [0.5, 0.6) is 0 Å². The number of hydrogen-bond donors (Lipinski definition) is 4. The van der Waals surface area contributed by atoms with Crippen molar-refractivity contribution < 1.29 is 28.7 Å². The number of nitrogens with one attached hydrogen (secondary N) is 4. The van der Waals surface area contributed by atoms with E-state index < -0.39 is 24.3 Å². The van der Waals surface area contributed by atoms with E-state index in [1.54, 1.807) is 29.2 Å². The third kappa shape index (κ3) is 7.97. The van der Waals surface area contributed by atoms with Crippen molar-refractivity contribution >= 4 is 24.0 Å². The zero-order valence-corrected chi connectivity index (χ0v) is 32.2. The maximum atomic E-state index is 13.5. The van der Waals surface area contributed by atoms with Crippen LogP contribution in [0, 0.1) is 17.8 Å². The van der Waals surface area contributed by atoms with Gasteiger partial charge in [0.1, 0.15) is 17.7 Å². The molecule has 3 aliphatic heterocycles. The first-order valence-corrected chi connectivity index (χ1v) is 19.0. The van der Waals surface area contributed by atoms with Gasteiger partial charge in [0.2, 0.25) is 5.91 Å². The molecule has 0 saturated carbocycles. The van der Waals surface area contributed by atoms with Crippen LogP contribution in [-0.2, 0) is 19.1 Å². The Morgan fingerprint density at radius 1 is 0.857 bits per heavy atom. The van der Waals surface area contributed by atoms with Crippen LogP contribution in [0.1, 0.15) is 81.3 Å². The normalized spacial score (nSPS) is 21.4. The molecule has 3 saturated heterocycles. The summed E-state index contributed by atoms with van der Waals surface area (Å²) in [5, 5.41) is 3.93. The number of methoxy groups -OCH3 is 1. The van der Waals surface area contributed by atoms with Crippen LogP contribution in [0.4, 0.5) is 9.59 Å². The maximum Gasteiger partial charge on any atom is 0.424 e. The average molecular weight is 762 g/mol. The molecule has 1 unspecified atom stereocenters. The fourth-order valence-electron chi connectivity index (χ4n) is 7.57. The number of amides is 4.